The number of benzene rings is 1. The SMILES string of the molecule is C=NC(/C=C\C=C/C)=C\SCSCC(=O)N1N=CCC1c1ccccc1.CC. The molecule has 1 aliphatic heterocycles. The van der Waals surface area contributed by atoms with Crippen molar-refractivity contribution in [1.82, 2.24) is 5.01 Å². The molecule has 0 saturated heterocycles. The van der Waals surface area contributed by atoms with Crippen LogP contribution >= 0.6 is 23.5 Å². The van der Waals surface area contributed by atoms with Crippen LogP contribution in [0.15, 0.2) is 75.8 Å². The Kier molecular flexibility index (Phi) is 12.8. The molecule has 4 nitrogen and oxygen atoms in total. The van der Waals surface area contributed by atoms with Gasteiger partial charge in [-0.2, -0.15) is 5.10 Å². The van der Waals surface area contributed by atoms with Crippen molar-refractivity contribution in [3.8, 4) is 0 Å². The van der Waals surface area contributed by atoms with Gasteiger partial charge < -0.3 is 0 Å². The Morgan fingerprint density at radius 3 is 2.75 bits per heavy atom. The van der Waals surface area contributed by atoms with E-state index in [0.717, 1.165) is 22.8 Å². The summed E-state index contributed by atoms with van der Waals surface area (Å²) >= 11 is 3.19. The topological polar surface area (TPSA) is 45.0 Å². The molecular weight excluding hydrogens is 386 g/mol. The number of hydrazone groups is 1. The van der Waals surface area contributed by atoms with Crippen LogP contribution in [0.25, 0.3) is 0 Å². The predicted octanol–water partition coefficient (Wildman–Crippen LogP) is 6.07. The van der Waals surface area contributed by atoms with E-state index in [-0.39, 0.29) is 11.9 Å². The van der Waals surface area contributed by atoms with Gasteiger partial charge in [0, 0.05) is 17.7 Å². The Morgan fingerprint density at radius 1 is 1.32 bits per heavy atom. The van der Waals surface area contributed by atoms with Crippen molar-refractivity contribution in [2.45, 2.75) is 33.2 Å². The summed E-state index contributed by atoms with van der Waals surface area (Å²) in [5.41, 5.74) is 1.93. The molecule has 6 heteroatoms. The molecular formula is C22H29N3OS2. The van der Waals surface area contributed by atoms with Crippen molar-refractivity contribution >= 4 is 42.4 Å². The molecule has 0 bridgehead atoms. The molecule has 1 aromatic carbocycles. The second kappa shape index (κ2) is 14.9. The number of rotatable bonds is 9. The molecule has 0 radical (unpaired) electrons. The van der Waals surface area contributed by atoms with Gasteiger partial charge in [-0.05, 0) is 30.7 Å². The van der Waals surface area contributed by atoms with Crippen LogP contribution in [0.2, 0.25) is 0 Å². The molecule has 0 aliphatic carbocycles. The van der Waals surface area contributed by atoms with E-state index in [1.54, 1.807) is 28.5 Å². The van der Waals surface area contributed by atoms with E-state index >= 15 is 0 Å². The van der Waals surface area contributed by atoms with Crippen molar-refractivity contribution < 1.29 is 4.79 Å². The lowest BCUT2D eigenvalue weighted by molar-refractivity contribution is -0.130. The second-order valence-electron chi connectivity index (χ2n) is 5.42. The Labute approximate surface area is 177 Å². The van der Waals surface area contributed by atoms with Gasteiger partial charge in [0.25, 0.3) is 5.91 Å². The molecule has 0 aromatic heterocycles. The fourth-order valence-electron chi connectivity index (χ4n) is 2.36. The van der Waals surface area contributed by atoms with E-state index in [4.69, 9.17) is 0 Å². The first-order valence-corrected chi connectivity index (χ1v) is 11.5. The molecule has 150 valence electrons. The largest absolute Gasteiger partial charge is 0.272 e. The maximum atomic E-state index is 12.5. The highest BCUT2D eigenvalue weighted by atomic mass is 32.2. The second-order valence-corrected chi connectivity index (χ2v) is 7.63. The Hall–Kier alpha value is -2.05. The van der Waals surface area contributed by atoms with Crippen LogP contribution in [0, 0.1) is 0 Å². The van der Waals surface area contributed by atoms with Crippen molar-refractivity contribution in [1.29, 1.82) is 0 Å². The zero-order valence-corrected chi connectivity index (χ0v) is 18.5. The molecule has 1 unspecified atom stereocenters. The molecule has 1 aromatic rings. The van der Waals surface area contributed by atoms with Gasteiger partial charge in [0.05, 0.1) is 17.5 Å². The molecule has 28 heavy (non-hydrogen) atoms. The van der Waals surface area contributed by atoms with Gasteiger partial charge in [-0.1, -0.05) is 62.4 Å². The maximum absolute atomic E-state index is 12.5. The first-order valence-electron chi connectivity index (χ1n) is 9.31. The third-order valence-corrected chi connectivity index (χ3v) is 5.67. The summed E-state index contributed by atoms with van der Waals surface area (Å²) in [5.74, 6) is 0.449. The number of hydrogen-bond acceptors (Lipinski definition) is 5. The number of nitrogens with zero attached hydrogens (tertiary/aromatic N) is 3. The minimum Gasteiger partial charge on any atom is -0.272 e. The monoisotopic (exact) mass is 415 g/mol. The van der Waals surface area contributed by atoms with E-state index in [1.165, 1.54) is 0 Å². The van der Waals surface area contributed by atoms with Crippen molar-refractivity contribution in [3.63, 3.8) is 0 Å². The van der Waals surface area contributed by atoms with Crippen LogP contribution < -0.4 is 0 Å². The highest BCUT2D eigenvalue weighted by molar-refractivity contribution is 8.17. The number of hydrogen-bond donors (Lipinski definition) is 0. The lowest BCUT2D eigenvalue weighted by Gasteiger charge is -2.22. The van der Waals surface area contributed by atoms with E-state index in [2.05, 4.69) is 16.8 Å². The van der Waals surface area contributed by atoms with Gasteiger partial charge in [-0.25, -0.2) is 5.01 Å². The van der Waals surface area contributed by atoms with E-state index < -0.39 is 0 Å². The number of amides is 1. The molecule has 0 N–H and O–H groups in total. The van der Waals surface area contributed by atoms with Crippen LogP contribution in [-0.4, -0.2) is 34.7 Å². The average molecular weight is 416 g/mol. The van der Waals surface area contributed by atoms with Gasteiger partial charge >= 0.3 is 0 Å². The predicted molar refractivity (Wildman–Crippen MR) is 127 cm³/mol. The first-order chi connectivity index (χ1) is 13.8. The first kappa shape index (κ1) is 24.0. The van der Waals surface area contributed by atoms with Gasteiger partial charge in [0.2, 0.25) is 0 Å². The third kappa shape index (κ3) is 8.31. The van der Waals surface area contributed by atoms with Gasteiger partial charge in [0.1, 0.15) is 0 Å². The van der Waals surface area contributed by atoms with Crippen molar-refractivity contribution in [3.05, 3.63) is 71.3 Å². The maximum Gasteiger partial charge on any atom is 0.253 e. The van der Waals surface area contributed by atoms with Gasteiger partial charge in [0.15, 0.2) is 0 Å². The van der Waals surface area contributed by atoms with Crippen LogP contribution in [0.4, 0.5) is 0 Å². The van der Waals surface area contributed by atoms with E-state index in [0.29, 0.717) is 5.75 Å². The highest BCUT2D eigenvalue weighted by Gasteiger charge is 2.27. The molecule has 0 fully saturated rings. The zero-order valence-electron chi connectivity index (χ0n) is 16.8. The number of aliphatic imine (C=N–C) groups is 1. The fraction of sp³-hybridized carbons (Fsp3) is 0.318. The minimum absolute atomic E-state index is 0.0187. The molecule has 1 aliphatic rings. The van der Waals surface area contributed by atoms with Crippen LogP contribution in [-0.2, 0) is 4.79 Å². The van der Waals surface area contributed by atoms with Crippen molar-refractivity contribution in [2.75, 3.05) is 10.8 Å². The number of thioether (sulfide) groups is 2. The molecule has 1 amide bonds. The lowest BCUT2D eigenvalue weighted by atomic mass is 10.0. The normalized spacial score (nSPS) is 16.5. The van der Waals surface area contributed by atoms with Crippen LogP contribution in [0.3, 0.4) is 0 Å². The Bertz CT molecular complexity index is 712. The zero-order chi connectivity index (χ0) is 20.6. The van der Waals surface area contributed by atoms with E-state index in [1.807, 2.05) is 87.0 Å². The van der Waals surface area contributed by atoms with Gasteiger partial charge in [-0.3, -0.25) is 9.79 Å². The molecule has 0 spiro atoms. The molecule has 1 atom stereocenters. The summed E-state index contributed by atoms with van der Waals surface area (Å²) < 4.78 is 0. The van der Waals surface area contributed by atoms with E-state index in [9.17, 15) is 4.79 Å². The summed E-state index contributed by atoms with van der Waals surface area (Å²) in [7, 11) is 0. The highest BCUT2D eigenvalue weighted by Crippen LogP contribution is 2.28. The quantitative estimate of drug-likeness (QED) is 0.213. The summed E-state index contributed by atoms with van der Waals surface area (Å²) in [4.78, 5) is 16.4. The summed E-state index contributed by atoms with van der Waals surface area (Å²) in [6, 6.07) is 10.1. The lowest BCUT2D eigenvalue weighted by Crippen LogP contribution is -2.28. The molecule has 1 heterocycles. The minimum atomic E-state index is 0.0187. The standard InChI is InChI=1S/C20H23N3OS2.C2H6/c1-3-4-6-11-18(21-2)14-25-16-26-15-20(24)23-19(12-13-22-23)17-9-7-5-8-10-17;1-2/h3-11,13-14,19H,2,12,15-16H2,1H3;1-2H3/b4-3-,11-6-,18-14-;. The van der Waals surface area contributed by atoms with Gasteiger partial charge in [-0.15, -0.1) is 23.5 Å². The number of carbonyl (C=O) groups excluding carboxylic acids is 1. The molecule has 2 rings (SSSR count). The van der Waals surface area contributed by atoms with Crippen molar-refractivity contribution in [2.24, 2.45) is 10.1 Å². The third-order valence-electron chi connectivity index (χ3n) is 3.60. The smallest absolute Gasteiger partial charge is 0.253 e. The average Bonchev–Trinajstić information content (AvgIpc) is 3.24. The Balaban J connectivity index is 0.00000190. The van der Waals surface area contributed by atoms with Crippen LogP contribution in [0.1, 0.15) is 38.8 Å². The number of allylic oxidation sites excluding steroid dienone is 4. The summed E-state index contributed by atoms with van der Waals surface area (Å²) in [6.07, 6.45) is 10.3. The van der Waals surface area contributed by atoms with Crippen LogP contribution in [0.5, 0.6) is 0 Å². The summed E-state index contributed by atoms with van der Waals surface area (Å²) in [6.45, 7) is 9.53. The summed E-state index contributed by atoms with van der Waals surface area (Å²) in [5, 5.41) is 8.60. The number of carbonyl (C=O) groups is 1. The Morgan fingerprint density at radius 2 is 2.07 bits per heavy atom. The fourth-order valence-corrected chi connectivity index (χ4v) is 3.98. The molecule has 0 saturated carbocycles.